The number of aromatic nitrogens is 1. The van der Waals surface area contributed by atoms with Crippen molar-refractivity contribution in [2.75, 3.05) is 38.8 Å². The van der Waals surface area contributed by atoms with Crippen molar-refractivity contribution in [3.63, 3.8) is 0 Å². The van der Waals surface area contributed by atoms with Gasteiger partial charge in [-0.2, -0.15) is 0 Å². The number of thiazole rings is 1. The van der Waals surface area contributed by atoms with Crippen LogP contribution in [0.2, 0.25) is 0 Å². The highest BCUT2D eigenvalue weighted by molar-refractivity contribution is 7.90. The van der Waals surface area contributed by atoms with Crippen molar-refractivity contribution >= 4 is 27.1 Å². The predicted octanol–water partition coefficient (Wildman–Crippen LogP) is 0.178. The van der Waals surface area contributed by atoms with E-state index in [4.69, 9.17) is 4.74 Å². The lowest BCUT2D eigenvalue weighted by Crippen LogP contribution is -2.38. The van der Waals surface area contributed by atoms with Gasteiger partial charge >= 0.3 is 0 Å². The summed E-state index contributed by atoms with van der Waals surface area (Å²) < 4.78 is 27.1. The first-order chi connectivity index (χ1) is 9.90. The Balaban J connectivity index is 2.14. The molecule has 0 amide bonds. The van der Waals surface area contributed by atoms with Gasteiger partial charge in [0.05, 0.1) is 25.5 Å². The van der Waals surface area contributed by atoms with Crippen molar-refractivity contribution in [2.24, 2.45) is 4.99 Å². The average Bonchev–Trinajstić information content (AvgIpc) is 2.81. The molecule has 0 unspecified atom stereocenters. The standard InChI is InChI=1S/C12H22N4O3S2/c1-10-8-15-11(20-10)9-16-12(13-2)14-4-5-19-6-7-21(3,17)18/h8H,4-7,9H2,1-3H3,(H2,13,14,16). The maximum Gasteiger partial charge on any atom is 0.191 e. The molecule has 1 aromatic rings. The third kappa shape index (κ3) is 8.64. The highest BCUT2D eigenvalue weighted by Crippen LogP contribution is 2.10. The summed E-state index contributed by atoms with van der Waals surface area (Å²) in [6.07, 6.45) is 3.04. The first-order valence-corrected chi connectivity index (χ1v) is 9.39. The second kappa shape index (κ2) is 8.96. The van der Waals surface area contributed by atoms with Gasteiger partial charge in [0.2, 0.25) is 0 Å². The van der Waals surface area contributed by atoms with E-state index in [1.54, 1.807) is 18.4 Å². The van der Waals surface area contributed by atoms with Crippen LogP contribution in [0.25, 0.3) is 0 Å². The molecule has 0 radical (unpaired) electrons. The van der Waals surface area contributed by atoms with E-state index in [2.05, 4.69) is 20.6 Å². The number of nitrogens with one attached hydrogen (secondary N) is 2. The second-order valence-corrected chi connectivity index (χ2v) is 8.04. The number of hydrogen-bond acceptors (Lipinski definition) is 6. The van der Waals surface area contributed by atoms with E-state index in [0.29, 0.717) is 25.7 Å². The van der Waals surface area contributed by atoms with Crippen LogP contribution in [0.15, 0.2) is 11.2 Å². The molecule has 7 nitrogen and oxygen atoms in total. The van der Waals surface area contributed by atoms with Crippen LogP contribution >= 0.6 is 11.3 Å². The Morgan fingerprint density at radius 2 is 2.19 bits per heavy atom. The molecule has 0 aliphatic carbocycles. The fraction of sp³-hybridized carbons (Fsp3) is 0.667. The summed E-state index contributed by atoms with van der Waals surface area (Å²) in [4.78, 5) is 9.52. The molecule has 0 atom stereocenters. The number of ether oxygens (including phenoxy) is 1. The summed E-state index contributed by atoms with van der Waals surface area (Å²) in [7, 11) is -1.27. The van der Waals surface area contributed by atoms with Gasteiger partial charge in [-0.15, -0.1) is 11.3 Å². The molecule has 120 valence electrons. The largest absolute Gasteiger partial charge is 0.379 e. The minimum absolute atomic E-state index is 0.0450. The number of hydrogen-bond donors (Lipinski definition) is 2. The predicted molar refractivity (Wildman–Crippen MR) is 85.6 cm³/mol. The quantitative estimate of drug-likeness (QED) is 0.400. The SMILES string of the molecule is CN=C(NCCOCCS(C)(=O)=O)NCc1ncc(C)s1. The number of aryl methyl sites for hydroxylation is 1. The Morgan fingerprint density at radius 1 is 1.43 bits per heavy atom. The molecule has 0 spiro atoms. The third-order valence-electron chi connectivity index (χ3n) is 2.44. The summed E-state index contributed by atoms with van der Waals surface area (Å²) in [5.74, 6) is 0.707. The maximum absolute atomic E-state index is 10.9. The molecular formula is C12H22N4O3S2. The van der Waals surface area contributed by atoms with E-state index in [0.717, 1.165) is 5.01 Å². The molecular weight excluding hydrogens is 312 g/mol. The van der Waals surface area contributed by atoms with Crippen molar-refractivity contribution in [1.29, 1.82) is 0 Å². The molecule has 0 bridgehead atoms. The van der Waals surface area contributed by atoms with Crippen LogP contribution in [0.3, 0.4) is 0 Å². The maximum atomic E-state index is 10.9. The number of aliphatic imine (C=N–C) groups is 1. The molecule has 2 N–H and O–H groups in total. The first kappa shape index (κ1) is 17.9. The lowest BCUT2D eigenvalue weighted by Gasteiger charge is -2.11. The minimum Gasteiger partial charge on any atom is -0.379 e. The Labute approximate surface area is 129 Å². The van der Waals surface area contributed by atoms with E-state index in [9.17, 15) is 8.42 Å². The van der Waals surface area contributed by atoms with E-state index in [1.165, 1.54) is 11.1 Å². The van der Waals surface area contributed by atoms with Crippen molar-refractivity contribution in [3.8, 4) is 0 Å². The van der Waals surface area contributed by atoms with Gasteiger partial charge in [-0.1, -0.05) is 0 Å². The van der Waals surface area contributed by atoms with E-state index in [-0.39, 0.29) is 12.4 Å². The van der Waals surface area contributed by atoms with Crippen molar-refractivity contribution in [3.05, 3.63) is 16.1 Å². The normalized spacial score (nSPS) is 12.4. The van der Waals surface area contributed by atoms with Gasteiger partial charge in [0, 0.05) is 30.9 Å². The Hall–Kier alpha value is -1.19. The van der Waals surface area contributed by atoms with Crippen LogP contribution in [-0.4, -0.2) is 58.2 Å². The van der Waals surface area contributed by atoms with Gasteiger partial charge in [-0.3, -0.25) is 4.99 Å². The van der Waals surface area contributed by atoms with Gasteiger partial charge in [-0.05, 0) is 6.92 Å². The van der Waals surface area contributed by atoms with Crippen molar-refractivity contribution in [1.82, 2.24) is 15.6 Å². The molecule has 0 saturated carbocycles. The van der Waals surface area contributed by atoms with E-state index >= 15 is 0 Å². The number of rotatable bonds is 8. The molecule has 0 aromatic carbocycles. The van der Waals surface area contributed by atoms with Gasteiger partial charge in [-0.25, -0.2) is 13.4 Å². The lowest BCUT2D eigenvalue weighted by molar-refractivity contribution is 0.154. The molecule has 0 saturated heterocycles. The Kier molecular flexibility index (Phi) is 7.62. The first-order valence-electron chi connectivity index (χ1n) is 6.52. The number of nitrogens with zero attached hydrogens (tertiary/aromatic N) is 2. The molecule has 21 heavy (non-hydrogen) atoms. The number of guanidine groups is 1. The third-order valence-corrected chi connectivity index (χ3v) is 4.26. The zero-order chi connectivity index (χ0) is 15.7. The zero-order valence-electron chi connectivity index (χ0n) is 12.5. The van der Waals surface area contributed by atoms with E-state index < -0.39 is 9.84 Å². The van der Waals surface area contributed by atoms with Crippen molar-refractivity contribution in [2.45, 2.75) is 13.5 Å². The molecule has 9 heteroatoms. The highest BCUT2D eigenvalue weighted by Gasteiger charge is 2.03. The summed E-state index contributed by atoms with van der Waals surface area (Å²) in [6.45, 7) is 3.83. The number of sulfone groups is 1. The minimum atomic E-state index is -2.96. The molecule has 1 aromatic heterocycles. The lowest BCUT2D eigenvalue weighted by atomic mass is 10.6. The summed E-state index contributed by atoms with van der Waals surface area (Å²) in [5.41, 5.74) is 0. The molecule has 0 aliphatic rings. The Morgan fingerprint density at radius 3 is 2.76 bits per heavy atom. The van der Waals surface area contributed by atoms with Gasteiger partial charge in [0.15, 0.2) is 5.96 Å². The fourth-order valence-electron chi connectivity index (χ4n) is 1.42. The van der Waals surface area contributed by atoms with Crippen LogP contribution in [-0.2, 0) is 21.1 Å². The summed E-state index contributed by atoms with van der Waals surface area (Å²) in [5, 5.41) is 7.23. The second-order valence-electron chi connectivity index (χ2n) is 4.46. The van der Waals surface area contributed by atoms with Crippen molar-refractivity contribution < 1.29 is 13.2 Å². The van der Waals surface area contributed by atoms with Crippen LogP contribution in [0, 0.1) is 6.92 Å². The van der Waals surface area contributed by atoms with E-state index in [1.807, 2.05) is 13.1 Å². The molecule has 1 rings (SSSR count). The molecule has 0 aliphatic heterocycles. The fourth-order valence-corrected chi connectivity index (χ4v) is 2.56. The van der Waals surface area contributed by atoms with Gasteiger partial charge in [0.1, 0.15) is 14.8 Å². The van der Waals surface area contributed by atoms with Crippen LogP contribution in [0.4, 0.5) is 0 Å². The summed E-state index contributed by atoms with van der Waals surface area (Å²) >= 11 is 1.64. The smallest absolute Gasteiger partial charge is 0.191 e. The topological polar surface area (TPSA) is 92.7 Å². The van der Waals surface area contributed by atoms with Gasteiger partial charge < -0.3 is 15.4 Å². The highest BCUT2D eigenvalue weighted by atomic mass is 32.2. The molecule has 1 heterocycles. The van der Waals surface area contributed by atoms with Crippen LogP contribution in [0.5, 0.6) is 0 Å². The molecule has 0 fully saturated rings. The van der Waals surface area contributed by atoms with Crippen LogP contribution in [0.1, 0.15) is 9.88 Å². The summed E-state index contributed by atoms with van der Waals surface area (Å²) in [6, 6.07) is 0. The Bertz CT molecular complexity index is 555. The van der Waals surface area contributed by atoms with Gasteiger partial charge in [0.25, 0.3) is 0 Å². The zero-order valence-corrected chi connectivity index (χ0v) is 14.2. The van der Waals surface area contributed by atoms with Crippen LogP contribution < -0.4 is 10.6 Å². The monoisotopic (exact) mass is 334 g/mol. The average molecular weight is 334 g/mol.